The van der Waals surface area contributed by atoms with E-state index in [0.717, 1.165) is 17.8 Å². The Morgan fingerprint density at radius 3 is 2.95 bits per heavy atom. The quantitative estimate of drug-likeness (QED) is 0.807. The topological polar surface area (TPSA) is 67.4 Å². The number of ether oxygens (including phenoxy) is 1. The van der Waals surface area contributed by atoms with Crippen molar-refractivity contribution in [1.82, 2.24) is 10.6 Å². The predicted octanol–water partition coefficient (Wildman–Crippen LogP) is 1.47. The number of amides is 1. The largest absolute Gasteiger partial charge is 0.469 e. The molecule has 6 heteroatoms. The maximum atomic E-state index is 12.3. The van der Waals surface area contributed by atoms with E-state index in [2.05, 4.69) is 10.6 Å². The number of carbonyl (C=O) groups excluding carboxylic acids is 2. The van der Waals surface area contributed by atoms with E-state index in [0.29, 0.717) is 0 Å². The Morgan fingerprint density at radius 1 is 1.60 bits per heavy atom. The van der Waals surface area contributed by atoms with E-state index in [9.17, 15) is 9.59 Å². The van der Waals surface area contributed by atoms with Crippen molar-refractivity contribution in [3.63, 3.8) is 0 Å². The molecule has 110 valence electrons. The van der Waals surface area contributed by atoms with E-state index in [1.165, 1.54) is 18.4 Å². The van der Waals surface area contributed by atoms with Crippen molar-refractivity contribution in [3.05, 3.63) is 22.4 Å². The normalized spacial score (nSPS) is 23.3. The number of thiophene rings is 1. The summed E-state index contributed by atoms with van der Waals surface area (Å²) in [5, 5.41) is 8.18. The van der Waals surface area contributed by atoms with Gasteiger partial charge in [0.05, 0.1) is 25.5 Å². The van der Waals surface area contributed by atoms with E-state index >= 15 is 0 Å². The van der Waals surface area contributed by atoms with E-state index < -0.39 is 0 Å². The molecule has 3 unspecified atom stereocenters. The van der Waals surface area contributed by atoms with Crippen LogP contribution in [-0.2, 0) is 14.3 Å². The monoisotopic (exact) mass is 296 g/mol. The lowest BCUT2D eigenvalue weighted by atomic mass is 10.00. The summed E-state index contributed by atoms with van der Waals surface area (Å²) in [4.78, 5) is 24.8. The molecule has 0 radical (unpaired) electrons. The van der Waals surface area contributed by atoms with Gasteiger partial charge in [-0.3, -0.25) is 9.59 Å². The first-order chi connectivity index (χ1) is 9.61. The molecule has 3 atom stereocenters. The van der Waals surface area contributed by atoms with E-state index in [1.54, 1.807) is 0 Å². The van der Waals surface area contributed by atoms with Crippen molar-refractivity contribution in [2.45, 2.75) is 31.8 Å². The summed E-state index contributed by atoms with van der Waals surface area (Å²) in [7, 11) is 1.36. The van der Waals surface area contributed by atoms with Gasteiger partial charge < -0.3 is 15.4 Å². The molecule has 0 bridgehead atoms. The fourth-order valence-corrected chi connectivity index (χ4v) is 3.24. The van der Waals surface area contributed by atoms with E-state index in [-0.39, 0.29) is 36.3 Å². The summed E-state index contributed by atoms with van der Waals surface area (Å²) in [5.74, 6) is -0.346. The second-order valence-electron chi connectivity index (χ2n) is 4.99. The van der Waals surface area contributed by atoms with Gasteiger partial charge >= 0.3 is 5.97 Å². The average molecular weight is 296 g/mol. The second-order valence-corrected chi connectivity index (χ2v) is 5.97. The molecular formula is C14H20N2O3S. The molecule has 1 aromatic heterocycles. The van der Waals surface area contributed by atoms with Crippen LogP contribution in [0.15, 0.2) is 17.5 Å². The molecule has 1 fully saturated rings. The molecule has 1 amide bonds. The summed E-state index contributed by atoms with van der Waals surface area (Å²) in [5.41, 5.74) is 0. The molecule has 0 aromatic carbocycles. The van der Waals surface area contributed by atoms with Crippen molar-refractivity contribution >= 4 is 23.2 Å². The van der Waals surface area contributed by atoms with Crippen LogP contribution in [0.5, 0.6) is 0 Å². The molecule has 0 aliphatic carbocycles. The van der Waals surface area contributed by atoms with Gasteiger partial charge in [0.15, 0.2) is 0 Å². The molecular weight excluding hydrogens is 276 g/mol. The molecule has 0 spiro atoms. The molecule has 1 saturated heterocycles. The average Bonchev–Trinajstić information content (AvgIpc) is 3.08. The number of carbonyl (C=O) groups is 2. The Morgan fingerprint density at radius 2 is 2.40 bits per heavy atom. The fourth-order valence-electron chi connectivity index (χ4n) is 2.46. The van der Waals surface area contributed by atoms with Crippen LogP contribution in [0.1, 0.15) is 30.7 Å². The van der Waals surface area contributed by atoms with E-state index in [4.69, 9.17) is 4.74 Å². The molecule has 0 saturated carbocycles. The first-order valence-corrected chi connectivity index (χ1v) is 7.63. The van der Waals surface area contributed by atoms with Crippen LogP contribution >= 0.6 is 11.3 Å². The SMILES string of the molecule is COC(=O)CC(NC(=O)C1CCNC1C)c1cccs1. The minimum atomic E-state index is -0.318. The third kappa shape index (κ3) is 3.58. The van der Waals surface area contributed by atoms with Crippen LogP contribution in [0, 0.1) is 5.92 Å². The van der Waals surface area contributed by atoms with Gasteiger partial charge in [0, 0.05) is 10.9 Å². The Labute approximate surface area is 122 Å². The van der Waals surface area contributed by atoms with Crippen molar-refractivity contribution in [1.29, 1.82) is 0 Å². The molecule has 2 N–H and O–H groups in total. The van der Waals surface area contributed by atoms with Crippen LogP contribution in [0.3, 0.4) is 0 Å². The van der Waals surface area contributed by atoms with Crippen molar-refractivity contribution in [2.75, 3.05) is 13.7 Å². The Bertz CT molecular complexity index is 461. The van der Waals surface area contributed by atoms with Crippen LogP contribution in [0.4, 0.5) is 0 Å². The van der Waals surface area contributed by atoms with Gasteiger partial charge in [0.25, 0.3) is 0 Å². The Balaban J connectivity index is 2.03. The van der Waals surface area contributed by atoms with Crippen molar-refractivity contribution in [2.24, 2.45) is 5.92 Å². The zero-order valence-corrected chi connectivity index (χ0v) is 12.5. The van der Waals surface area contributed by atoms with Crippen LogP contribution < -0.4 is 10.6 Å². The van der Waals surface area contributed by atoms with Gasteiger partial charge in [-0.05, 0) is 31.3 Å². The zero-order valence-electron chi connectivity index (χ0n) is 11.7. The van der Waals surface area contributed by atoms with Crippen molar-refractivity contribution in [3.8, 4) is 0 Å². The molecule has 2 heterocycles. The lowest BCUT2D eigenvalue weighted by molar-refractivity contribution is -0.141. The van der Waals surface area contributed by atoms with E-state index in [1.807, 2.05) is 24.4 Å². The number of rotatable bonds is 5. The van der Waals surface area contributed by atoms with Gasteiger partial charge in [0.1, 0.15) is 0 Å². The maximum absolute atomic E-state index is 12.3. The summed E-state index contributed by atoms with van der Waals surface area (Å²) < 4.78 is 4.71. The van der Waals surface area contributed by atoms with Crippen LogP contribution in [0.25, 0.3) is 0 Å². The molecule has 1 aliphatic heterocycles. The van der Waals surface area contributed by atoms with Gasteiger partial charge in [0.2, 0.25) is 5.91 Å². The smallest absolute Gasteiger partial charge is 0.307 e. The number of hydrogen-bond donors (Lipinski definition) is 2. The number of hydrogen-bond acceptors (Lipinski definition) is 5. The lowest BCUT2D eigenvalue weighted by Crippen LogP contribution is -2.39. The number of esters is 1. The third-order valence-electron chi connectivity index (χ3n) is 3.66. The minimum Gasteiger partial charge on any atom is -0.469 e. The minimum absolute atomic E-state index is 0.00445. The van der Waals surface area contributed by atoms with Gasteiger partial charge in [-0.1, -0.05) is 6.07 Å². The predicted molar refractivity (Wildman–Crippen MR) is 77.4 cm³/mol. The molecule has 1 aliphatic rings. The summed E-state index contributed by atoms with van der Waals surface area (Å²) in [6, 6.07) is 3.71. The highest BCUT2D eigenvalue weighted by Gasteiger charge is 2.31. The van der Waals surface area contributed by atoms with Gasteiger partial charge in [-0.2, -0.15) is 0 Å². The van der Waals surface area contributed by atoms with Crippen LogP contribution in [-0.4, -0.2) is 31.6 Å². The number of nitrogens with one attached hydrogen (secondary N) is 2. The first kappa shape index (κ1) is 15.0. The Kier molecular flexibility index (Phi) is 5.14. The van der Waals surface area contributed by atoms with Crippen LogP contribution in [0.2, 0.25) is 0 Å². The summed E-state index contributed by atoms with van der Waals surface area (Å²) in [6.45, 7) is 2.87. The zero-order chi connectivity index (χ0) is 14.5. The second kappa shape index (κ2) is 6.85. The first-order valence-electron chi connectivity index (χ1n) is 6.75. The third-order valence-corrected chi connectivity index (χ3v) is 4.65. The maximum Gasteiger partial charge on any atom is 0.307 e. The highest BCUT2D eigenvalue weighted by Crippen LogP contribution is 2.24. The highest BCUT2D eigenvalue weighted by molar-refractivity contribution is 7.10. The molecule has 20 heavy (non-hydrogen) atoms. The Hall–Kier alpha value is -1.40. The summed E-state index contributed by atoms with van der Waals surface area (Å²) in [6.07, 6.45) is 1.000. The highest BCUT2D eigenvalue weighted by atomic mass is 32.1. The number of methoxy groups -OCH3 is 1. The molecule has 2 rings (SSSR count). The fraction of sp³-hybridized carbons (Fsp3) is 0.571. The standard InChI is InChI=1S/C14H20N2O3S/c1-9-10(5-6-15-9)14(18)16-11(8-13(17)19-2)12-4-3-7-20-12/h3-4,7,9-11,15H,5-6,8H2,1-2H3,(H,16,18). The molecule has 1 aromatic rings. The lowest BCUT2D eigenvalue weighted by Gasteiger charge is -2.21. The van der Waals surface area contributed by atoms with Crippen molar-refractivity contribution < 1.29 is 14.3 Å². The van der Waals surface area contributed by atoms with Gasteiger partial charge in [-0.25, -0.2) is 0 Å². The molecule has 5 nitrogen and oxygen atoms in total. The summed E-state index contributed by atoms with van der Waals surface area (Å²) >= 11 is 1.53. The van der Waals surface area contributed by atoms with Gasteiger partial charge in [-0.15, -0.1) is 11.3 Å².